The molecule has 126 valence electrons. The number of halogens is 1. The van der Waals surface area contributed by atoms with Crippen LogP contribution in [-0.2, 0) is 11.2 Å². The van der Waals surface area contributed by atoms with Crippen LogP contribution < -0.4 is 5.32 Å². The number of benzene rings is 1. The molecule has 0 bridgehead atoms. The number of ether oxygens (including phenoxy) is 1. The van der Waals surface area contributed by atoms with Crippen molar-refractivity contribution in [3.05, 3.63) is 29.6 Å². The van der Waals surface area contributed by atoms with E-state index in [-0.39, 0.29) is 17.3 Å². The molecular weight excluding hydrogens is 295 g/mol. The highest BCUT2D eigenvalue weighted by atomic mass is 19.1. The predicted molar refractivity (Wildman–Crippen MR) is 88.0 cm³/mol. The number of rotatable bonds is 5. The topological polar surface area (TPSA) is 41.6 Å². The minimum Gasteiger partial charge on any atom is -0.384 e. The van der Waals surface area contributed by atoms with Crippen LogP contribution in [0.1, 0.15) is 31.7 Å². The van der Waals surface area contributed by atoms with Gasteiger partial charge in [-0.25, -0.2) is 9.18 Å². The molecule has 0 spiro atoms. The van der Waals surface area contributed by atoms with Crippen LogP contribution in [0.4, 0.5) is 14.9 Å². The van der Waals surface area contributed by atoms with Crippen molar-refractivity contribution >= 4 is 11.7 Å². The number of amides is 2. The smallest absolute Gasteiger partial charge is 0.321 e. The Morgan fingerprint density at radius 3 is 2.70 bits per heavy atom. The Balaban J connectivity index is 1.58. The van der Waals surface area contributed by atoms with E-state index < -0.39 is 0 Å². The average molecular weight is 320 g/mol. The molecule has 1 heterocycles. The highest BCUT2D eigenvalue weighted by Crippen LogP contribution is 2.48. The summed E-state index contributed by atoms with van der Waals surface area (Å²) in [6.45, 7) is 4.08. The molecule has 1 aromatic carbocycles. The summed E-state index contributed by atoms with van der Waals surface area (Å²) < 4.78 is 19.2. The van der Waals surface area contributed by atoms with Gasteiger partial charge >= 0.3 is 6.03 Å². The van der Waals surface area contributed by atoms with Gasteiger partial charge < -0.3 is 15.0 Å². The van der Waals surface area contributed by atoms with Gasteiger partial charge in [-0.2, -0.15) is 0 Å². The quantitative estimate of drug-likeness (QED) is 0.899. The number of hydrogen-bond donors (Lipinski definition) is 1. The summed E-state index contributed by atoms with van der Waals surface area (Å²) in [5.74, 6) is 0.407. The van der Waals surface area contributed by atoms with Gasteiger partial charge in [0.1, 0.15) is 5.82 Å². The van der Waals surface area contributed by atoms with Crippen LogP contribution in [0.5, 0.6) is 0 Å². The molecule has 2 aliphatic rings. The number of anilines is 1. The van der Waals surface area contributed by atoms with Gasteiger partial charge in [0.05, 0.1) is 6.61 Å². The first-order valence-electron chi connectivity index (χ1n) is 8.41. The summed E-state index contributed by atoms with van der Waals surface area (Å²) in [6.07, 6.45) is 4.41. The average Bonchev–Trinajstić information content (AvgIpc) is 2.42. The highest BCUT2D eigenvalue weighted by molar-refractivity contribution is 5.90. The van der Waals surface area contributed by atoms with E-state index in [1.165, 1.54) is 25.3 Å². The lowest BCUT2D eigenvalue weighted by atomic mass is 9.61. The van der Waals surface area contributed by atoms with E-state index in [9.17, 15) is 9.18 Å². The number of methoxy groups -OCH3 is 1. The third-order valence-corrected chi connectivity index (χ3v) is 5.39. The molecule has 1 aliphatic carbocycles. The summed E-state index contributed by atoms with van der Waals surface area (Å²) in [5.41, 5.74) is 1.30. The predicted octanol–water partition coefficient (Wildman–Crippen LogP) is 3.67. The molecule has 0 atom stereocenters. The van der Waals surface area contributed by atoms with E-state index in [4.69, 9.17) is 4.74 Å². The first-order valence-corrected chi connectivity index (χ1v) is 8.41. The molecular formula is C18H25FN2O2. The van der Waals surface area contributed by atoms with Gasteiger partial charge in [-0.3, -0.25) is 0 Å². The maximum Gasteiger partial charge on any atom is 0.321 e. The molecule has 5 heteroatoms. The Morgan fingerprint density at radius 1 is 1.43 bits per heavy atom. The van der Waals surface area contributed by atoms with Crippen LogP contribution in [0.15, 0.2) is 18.2 Å². The van der Waals surface area contributed by atoms with Gasteiger partial charge in [0.25, 0.3) is 0 Å². The summed E-state index contributed by atoms with van der Waals surface area (Å²) in [5, 5.41) is 2.80. The highest BCUT2D eigenvalue weighted by Gasteiger charge is 2.52. The number of nitrogens with zero attached hydrogens (tertiary/aromatic N) is 1. The zero-order valence-corrected chi connectivity index (χ0v) is 13.9. The molecule has 2 amide bonds. The van der Waals surface area contributed by atoms with Crippen molar-refractivity contribution < 1.29 is 13.9 Å². The first-order chi connectivity index (χ1) is 11.1. The zero-order valence-electron chi connectivity index (χ0n) is 13.9. The van der Waals surface area contributed by atoms with Crippen LogP contribution >= 0.6 is 0 Å². The van der Waals surface area contributed by atoms with Crippen molar-refractivity contribution in [1.82, 2.24) is 4.90 Å². The largest absolute Gasteiger partial charge is 0.384 e. The molecule has 2 fully saturated rings. The summed E-state index contributed by atoms with van der Waals surface area (Å²) in [6, 6.07) is 4.73. The fourth-order valence-corrected chi connectivity index (χ4v) is 3.75. The van der Waals surface area contributed by atoms with E-state index in [2.05, 4.69) is 5.32 Å². The fourth-order valence-electron chi connectivity index (χ4n) is 3.75. The monoisotopic (exact) mass is 320 g/mol. The zero-order chi connectivity index (χ0) is 16.4. The number of likely N-dealkylation sites (tertiary alicyclic amines) is 1. The maximum atomic E-state index is 13.8. The molecule has 1 N–H and O–H groups in total. The minimum atomic E-state index is -0.267. The molecule has 1 aliphatic heterocycles. The van der Waals surface area contributed by atoms with Gasteiger partial charge in [0.2, 0.25) is 0 Å². The lowest BCUT2D eigenvalue weighted by molar-refractivity contribution is -0.0920. The van der Waals surface area contributed by atoms with Gasteiger partial charge in [0, 0.05) is 31.3 Å². The van der Waals surface area contributed by atoms with Crippen molar-refractivity contribution in [3.63, 3.8) is 0 Å². The second-order valence-electron chi connectivity index (χ2n) is 6.87. The number of hydrogen-bond acceptors (Lipinski definition) is 2. The Kier molecular flexibility index (Phi) is 4.57. The third kappa shape index (κ3) is 3.07. The van der Waals surface area contributed by atoms with E-state index in [0.717, 1.165) is 13.1 Å². The van der Waals surface area contributed by atoms with Crippen LogP contribution in [0, 0.1) is 17.2 Å². The van der Waals surface area contributed by atoms with Gasteiger partial charge in [-0.15, -0.1) is 0 Å². The van der Waals surface area contributed by atoms with Crippen LogP contribution in [0.25, 0.3) is 0 Å². The minimum absolute atomic E-state index is 0.127. The lowest BCUT2D eigenvalue weighted by Gasteiger charge is -2.56. The second-order valence-corrected chi connectivity index (χ2v) is 6.87. The number of urea groups is 1. The second kappa shape index (κ2) is 6.48. The Labute approximate surface area is 137 Å². The number of carbonyl (C=O) groups is 1. The SMILES string of the molecule is CCc1ccc(NC(=O)N2CC(COC)(C3CCC3)C2)cc1F. The molecule has 23 heavy (non-hydrogen) atoms. The van der Waals surface area contributed by atoms with Crippen molar-refractivity contribution in [3.8, 4) is 0 Å². The molecule has 1 saturated carbocycles. The molecule has 1 saturated heterocycles. The Bertz CT molecular complexity index is 580. The normalized spacial score (nSPS) is 19.9. The van der Waals surface area contributed by atoms with Gasteiger partial charge in [0.15, 0.2) is 0 Å². The van der Waals surface area contributed by atoms with Crippen molar-refractivity contribution in [2.24, 2.45) is 11.3 Å². The number of nitrogens with one attached hydrogen (secondary N) is 1. The van der Waals surface area contributed by atoms with Gasteiger partial charge in [-0.1, -0.05) is 19.4 Å². The molecule has 1 aromatic rings. The lowest BCUT2D eigenvalue weighted by Crippen LogP contribution is -2.65. The van der Waals surface area contributed by atoms with Crippen molar-refractivity contribution in [1.29, 1.82) is 0 Å². The third-order valence-electron chi connectivity index (χ3n) is 5.39. The molecule has 3 rings (SSSR count). The Morgan fingerprint density at radius 2 is 2.17 bits per heavy atom. The molecule has 0 aromatic heterocycles. The summed E-state index contributed by atoms with van der Waals surface area (Å²) in [7, 11) is 1.72. The van der Waals surface area contributed by atoms with E-state index in [1.54, 1.807) is 24.1 Å². The van der Waals surface area contributed by atoms with E-state index >= 15 is 0 Å². The summed E-state index contributed by atoms with van der Waals surface area (Å²) in [4.78, 5) is 14.1. The van der Waals surface area contributed by atoms with Crippen LogP contribution in [0.2, 0.25) is 0 Å². The standard InChI is InChI=1S/C18H25FN2O2/c1-3-13-7-8-15(9-16(13)19)20-17(22)21-10-18(11-21,12-23-2)14-5-4-6-14/h7-9,14H,3-6,10-12H2,1-2H3,(H,20,22). The van der Waals surface area contributed by atoms with Crippen molar-refractivity contribution in [2.45, 2.75) is 32.6 Å². The van der Waals surface area contributed by atoms with E-state index in [1.807, 2.05) is 6.92 Å². The maximum absolute atomic E-state index is 13.8. The van der Waals surface area contributed by atoms with Gasteiger partial charge in [-0.05, 0) is 42.9 Å². The number of aryl methyl sites for hydroxylation is 1. The number of carbonyl (C=O) groups excluding carboxylic acids is 1. The van der Waals surface area contributed by atoms with Crippen LogP contribution in [0.3, 0.4) is 0 Å². The molecule has 4 nitrogen and oxygen atoms in total. The Hall–Kier alpha value is -1.62. The molecule has 0 unspecified atom stereocenters. The van der Waals surface area contributed by atoms with E-state index in [0.29, 0.717) is 30.2 Å². The fraction of sp³-hybridized carbons (Fsp3) is 0.611. The summed E-state index contributed by atoms with van der Waals surface area (Å²) >= 11 is 0. The first kappa shape index (κ1) is 16.2. The van der Waals surface area contributed by atoms with Crippen molar-refractivity contribution in [2.75, 3.05) is 32.1 Å². The van der Waals surface area contributed by atoms with Crippen LogP contribution in [-0.4, -0.2) is 37.7 Å². The molecule has 0 radical (unpaired) electrons.